The Labute approximate surface area is 103 Å². The van der Waals surface area contributed by atoms with Crippen molar-refractivity contribution in [1.29, 1.82) is 0 Å². The topological polar surface area (TPSA) is 63.1 Å². The maximum Gasteiger partial charge on any atom is 0.354 e. The average Bonchev–Trinajstić information content (AvgIpc) is 2.38. The molecule has 0 aliphatic carbocycles. The van der Waals surface area contributed by atoms with Crippen molar-refractivity contribution in [2.24, 2.45) is 0 Å². The molecule has 1 N–H and O–H groups in total. The Hall–Kier alpha value is -1.88. The summed E-state index contributed by atoms with van der Waals surface area (Å²) in [5, 5.41) is 8.81. The zero-order chi connectivity index (χ0) is 12.1. The summed E-state index contributed by atoms with van der Waals surface area (Å²) in [5.41, 5.74) is 1.03. The van der Waals surface area contributed by atoms with Crippen LogP contribution in [0.5, 0.6) is 0 Å². The Morgan fingerprint density at radius 2 is 2.12 bits per heavy atom. The van der Waals surface area contributed by atoms with Crippen LogP contribution in [0.4, 0.5) is 0 Å². The molecule has 0 amide bonds. The standard InChI is InChI=1S/C12H10N2O2S/c15-12(16)11-7-10(4-6-14-11)17-8-9-3-1-2-5-13-9/h1-7H,8H2,(H,15,16). The van der Waals surface area contributed by atoms with Crippen LogP contribution < -0.4 is 0 Å². The van der Waals surface area contributed by atoms with Crippen LogP contribution in [-0.2, 0) is 5.75 Å². The van der Waals surface area contributed by atoms with E-state index in [1.54, 1.807) is 18.3 Å². The predicted molar refractivity (Wildman–Crippen MR) is 65.0 cm³/mol. The summed E-state index contributed by atoms with van der Waals surface area (Å²) in [6.07, 6.45) is 3.25. The Morgan fingerprint density at radius 3 is 2.82 bits per heavy atom. The third-order valence-electron chi connectivity index (χ3n) is 2.06. The third-order valence-corrected chi connectivity index (χ3v) is 3.09. The number of carboxylic acid groups (broad SMARTS) is 1. The van der Waals surface area contributed by atoms with E-state index < -0.39 is 5.97 Å². The van der Waals surface area contributed by atoms with E-state index in [1.165, 1.54) is 18.0 Å². The normalized spacial score (nSPS) is 10.1. The van der Waals surface area contributed by atoms with Crippen molar-refractivity contribution < 1.29 is 9.90 Å². The molecule has 0 fully saturated rings. The van der Waals surface area contributed by atoms with Gasteiger partial charge in [0, 0.05) is 23.0 Å². The first-order chi connectivity index (χ1) is 8.25. The molecule has 0 aliphatic heterocycles. The second-order valence-electron chi connectivity index (χ2n) is 3.29. The maximum absolute atomic E-state index is 10.7. The molecule has 0 radical (unpaired) electrons. The summed E-state index contributed by atoms with van der Waals surface area (Å²) in [4.78, 5) is 19.6. The highest BCUT2D eigenvalue weighted by molar-refractivity contribution is 7.98. The average molecular weight is 246 g/mol. The molecule has 17 heavy (non-hydrogen) atoms. The maximum atomic E-state index is 10.7. The largest absolute Gasteiger partial charge is 0.477 e. The molecule has 0 aliphatic rings. The van der Waals surface area contributed by atoms with E-state index in [-0.39, 0.29) is 5.69 Å². The molecule has 2 rings (SSSR count). The van der Waals surface area contributed by atoms with E-state index in [0.29, 0.717) is 5.75 Å². The number of hydrogen-bond donors (Lipinski definition) is 1. The fourth-order valence-electron chi connectivity index (χ4n) is 1.26. The van der Waals surface area contributed by atoms with Crippen LogP contribution in [0.15, 0.2) is 47.6 Å². The fraction of sp³-hybridized carbons (Fsp3) is 0.0833. The quantitative estimate of drug-likeness (QED) is 0.839. The molecular formula is C12H10N2O2S. The number of nitrogens with zero attached hydrogens (tertiary/aromatic N) is 2. The summed E-state index contributed by atoms with van der Waals surface area (Å²) in [6, 6.07) is 9.09. The number of carbonyl (C=O) groups is 1. The number of thioether (sulfide) groups is 1. The molecule has 0 unspecified atom stereocenters. The van der Waals surface area contributed by atoms with Crippen LogP contribution in [0.3, 0.4) is 0 Å². The molecule has 0 saturated heterocycles. The molecule has 0 saturated carbocycles. The van der Waals surface area contributed by atoms with Crippen molar-refractivity contribution in [3.63, 3.8) is 0 Å². The smallest absolute Gasteiger partial charge is 0.354 e. The zero-order valence-electron chi connectivity index (χ0n) is 8.91. The van der Waals surface area contributed by atoms with Gasteiger partial charge in [0.05, 0.1) is 5.69 Å². The molecule has 86 valence electrons. The Balaban J connectivity index is 2.04. The highest BCUT2D eigenvalue weighted by Gasteiger charge is 2.05. The monoisotopic (exact) mass is 246 g/mol. The molecule has 0 spiro atoms. The van der Waals surface area contributed by atoms with Crippen LogP contribution in [0.1, 0.15) is 16.2 Å². The first kappa shape index (κ1) is 11.6. The lowest BCUT2D eigenvalue weighted by atomic mass is 10.3. The number of aromatic nitrogens is 2. The van der Waals surface area contributed by atoms with Gasteiger partial charge in [-0.2, -0.15) is 0 Å². The second kappa shape index (κ2) is 5.45. The van der Waals surface area contributed by atoms with Gasteiger partial charge in [0.15, 0.2) is 0 Å². The van der Waals surface area contributed by atoms with E-state index in [2.05, 4.69) is 9.97 Å². The minimum atomic E-state index is -1.01. The zero-order valence-corrected chi connectivity index (χ0v) is 9.72. The van der Waals surface area contributed by atoms with E-state index in [9.17, 15) is 4.79 Å². The molecule has 0 aromatic carbocycles. The van der Waals surface area contributed by atoms with Crippen molar-refractivity contribution in [2.45, 2.75) is 10.6 Å². The second-order valence-corrected chi connectivity index (χ2v) is 4.34. The SMILES string of the molecule is O=C(O)c1cc(SCc2ccccn2)ccn1. The van der Waals surface area contributed by atoms with Gasteiger partial charge in [-0.1, -0.05) is 6.07 Å². The number of hydrogen-bond acceptors (Lipinski definition) is 4. The van der Waals surface area contributed by atoms with Gasteiger partial charge < -0.3 is 5.11 Å². The minimum Gasteiger partial charge on any atom is -0.477 e. The van der Waals surface area contributed by atoms with Crippen LogP contribution in [0, 0.1) is 0 Å². The number of pyridine rings is 2. The highest BCUT2D eigenvalue weighted by atomic mass is 32.2. The van der Waals surface area contributed by atoms with E-state index >= 15 is 0 Å². The van der Waals surface area contributed by atoms with Gasteiger partial charge in [-0.15, -0.1) is 11.8 Å². The number of carboxylic acids is 1. The first-order valence-corrected chi connectivity index (χ1v) is 5.96. The lowest BCUT2D eigenvalue weighted by Crippen LogP contribution is -1.99. The van der Waals surface area contributed by atoms with Crippen molar-refractivity contribution in [3.8, 4) is 0 Å². The predicted octanol–water partition coefficient (Wildman–Crippen LogP) is 2.47. The summed E-state index contributed by atoms with van der Waals surface area (Å²) in [7, 11) is 0. The summed E-state index contributed by atoms with van der Waals surface area (Å²) in [5.74, 6) is -0.297. The molecule has 4 nitrogen and oxygen atoms in total. The molecular weight excluding hydrogens is 236 g/mol. The van der Waals surface area contributed by atoms with Crippen molar-refractivity contribution in [3.05, 3.63) is 54.1 Å². The van der Waals surface area contributed by atoms with Crippen LogP contribution in [-0.4, -0.2) is 21.0 Å². The Kier molecular flexibility index (Phi) is 3.72. The number of rotatable bonds is 4. The van der Waals surface area contributed by atoms with Gasteiger partial charge in [-0.3, -0.25) is 4.98 Å². The molecule has 2 heterocycles. The fourth-order valence-corrected chi connectivity index (χ4v) is 2.10. The summed E-state index contributed by atoms with van der Waals surface area (Å²) < 4.78 is 0. The molecule has 5 heteroatoms. The van der Waals surface area contributed by atoms with Gasteiger partial charge in [0.25, 0.3) is 0 Å². The number of aromatic carboxylic acids is 1. The van der Waals surface area contributed by atoms with E-state index in [4.69, 9.17) is 5.11 Å². The Morgan fingerprint density at radius 1 is 1.24 bits per heavy atom. The molecule has 0 atom stereocenters. The molecule has 2 aromatic rings. The summed E-state index contributed by atoms with van der Waals surface area (Å²) >= 11 is 1.54. The van der Waals surface area contributed by atoms with Gasteiger partial charge in [-0.05, 0) is 24.3 Å². The van der Waals surface area contributed by atoms with Gasteiger partial charge in [0.1, 0.15) is 5.69 Å². The van der Waals surface area contributed by atoms with E-state index in [1.807, 2.05) is 18.2 Å². The van der Waals surface area contributed by atoms with Gasteiger partial charge >= 0.3 is 5.97 Å². The van der Waals surface area contributed by atoms with Crippen LogP contribution in [0.2, 0.25) is 0 Å². The summed E-state index contributed by atoms with van der Waals surface area (Å²) in [6.45, 7) is 0. The van der Waals surface area contributed by atoms with Crippen molar-refractivity contribution in [2.75, 3.05) is 0 Å². The lowest BCUT2D eigenvalue weighted by molar-refractivity contribution is 0.0690. The van der Waals surface area contributed by atoms with Crippen LogP contribution in [0.25, 0.3) is 0 Å². The minimum absolute atomic E-state index is 0.0658. The van der Waals surface area contributed by atoms with Crippen LogP contribution >= 0.6 is 11.8 Å². The van der Waals surface area contributed by atoms with Gasteiger partial charge in [-0.25, -0.2) is 9.78 Å². The molecule has 0 bridgehead atoms. The van der Waals surface area contributed by atoms with E-state index in [0.717, 1.165) is 10.6 Å². The first-order valence-electron chi connectivity index (χ1n) is 4.98. The molecule has 2 aromatic heterocycles. The van der Waals surface area contributed by atoms with Crippen molar-refractivity contribution in [1.82, 2.24) is 9.97 Å². The Bertz CT molecular complexity index is 517. The van der Waals surface area contributed by atoms with Crippen molar-refractivity contribution >= 4 is 17.7 Å². The lowest BCUT2D eigenvalue weighted by Gasteiger charge is -2.01. The van der Waals surface area contributed by atoms with Gasteiger partial charge in [0.2, 0.25) is 0 Å². The highest BCUT2D eigenvalue weighted by Crippen LogP contribution is 2.21. The third kappa shape index (κ3) is 3.29.